The molecule has 3 aliphatic heterocycles. The number of hydrogen-bond acceptors (Lipinski definition) is 35. The molecule has 0 bridgehead atoms. The minimum absolute atomic E-state index is 0.0347. The van der Waals surface area contributed by atoms with Gasteiger partial charge in [0.05, 0.1) is 165 Å². The van der Waals surface area contributed by atoms with Crippen molar-refractivity contribution in [2.45, 2.75) is 157 Å². The highest BCUT2D eigenvalue weighted by Gasteiger charge is 2.48. The quantitative estimate of drug-likeness (QED) is 0.0199. The fourth-order valence-electron chi connectivity index (χ4n) is 10.2. The lowest BCUT2D eigenvalue weighted by atomic mass is 9.97. The molecule has 0 aromatic heterocycles. The van der Waals surface area contributed by atoms with Gasteiger partial charge in [0.25, 0.3) is 0 Å². The molecule has 0 aromatic carbocycles. The fourth-order valence-corrected chi connectivity index (χ4v) is 10.8. The van der Waals surface area contributed by atoms with Gasteiger partial charge in [0.15, 0.2) is 18.9 Å². The van der Waals surface area contributed by atoms with Gasteiger partial charge in [-0.25, -0.2) is 0 Å². The van der Waals surface area contributed by atoms with Gasteiger partial charge >= 0.3 is 0 Å². The largest absolute Gasteiger partial charge is 0.801 e. The molecule has 3 fully saturated rings. The lowest BCUT2D eigenvalue weighted by molar-refractivity contribution is -0.272. The lowest BCUT2D eigenvalue weighted by Gasteiger charge is -2.42. The van der Waals surface area contributed by atoms with Crippen LogP contribution in [0.1, 0.15) is 52.9 Å². The molecule has 42 nitrogen and oxygen atoms in total. The predicted octanol–water partition coefficient (Wildman–Crippen LogP) is -10.4. The first kappa shape index (κ1) is 95.6. The molecule has 0 radical (unpaired) electrons. The normalized spacial score (nSPS) is 25.6. The zero-order chi connectivity index (χ0) is 78.2. The molecule has 18 unspecified atom stereocenters. The van der Waals surface area contributed by atoms with Crippen molar-refractivity contribution in [1.82, 2.24) is 42.5 Å². The van der Waals surface area contributed by atoms with Gasteiger partial charge in [0, 0.05) is 59.7 Å². The molecule has 616 valence electrons. The van der Waals surface area contributed by atoms with Crippen LogP contribution in [0.5, 0.6) is 0 Å². The summed E-state index contributed by atoms with van der Waals surface area (Å²) in [6, 6.07) is -6.29. The lowest BCUT2D eigenvalue weighted by Crippen LogP contribution is -2.64. The standard InChI is InChI=1S/C62H113N8O34PS/c1-38(74)66-49-55(83)52(80)43(35-71)102-60(49)98-31-27-90-14-10-63-46(77)7-5-41(58(86)64-11-15-91-28-32-99-61-50(67-39(2)75)56(84)53(81)44(36-72)103-61)69-47(78)8-6-42(59(87)65-12-16-92-29-33-100-62-51(68-40(3)76)57(85)54(82)45(37-73)104-62)70-48(79)9-13-89-17-18-93-19-20-94-21-22-95-23-24-96-25-26-97-30-34-101-105(4,88)106/h41-45,49-57,60-62,71-73,80-85H,5-37H2,1-4H3,(H,63,77)(H,64,86)(H,65,87)(H,66,74)(H,67,75)(H,68,76)(H,69,78)(H,70,79)(H,88,106)/p-1. The van der Waals surface area contributed by atoms with Crippen LogP contribution in [-0.2, 0) is 126 Å². The van der Waals surface area contributed by atoms with Crippen molar-refractivity contribution in [1.29, 1.82) is 0 Å². The number of ether oxygens (including phenoxy) is 15. The second-order valence-electron chi connectivity index (χ2n) is 24.0. The Hall–Kier alpha value is -4.63. The second-order valence-corrected chi connectivity index (χ2v) is 27.8. The SMILES string of the molecule is CC(=O)NC1C(OCCOCCNC(=O)CCC(NC(=O)CCC(NC(=O)CCOCCOCCOCCOCCOCCOCCOP(C)([O-])=S)C(=O)NCCOCCOC2OC(CO)C(O)C(O)C2NC(C)=O)C(=O)NCCOCCOC2OC(CO)C(O)C(O)C2NC(C)=O)OC(CO)C(O)C1O. The first-order valence-corrected chi connectivity index (χ1v) is 37.9. The Bertz CT molecular complexity index is 2550. The van der Waals surface area contributed by atoms with E-state index < -0.39 is 184 Å². The van der Waals surface area contributed by atoms with Crippen LogP contribution in [0.25, 0.3) is 0 Å². The number of nitrogens with one attached hydrogen (secondary N) is 8. The molecule has 44 heteroatoms. The van der Waals surface area contributed by atoms with Crippen molar-refractivity contribution in [3.05, 3.63) is 0 Å². The summed E-state index contributed by atoms with van der Waals surface area (Å²) in [5.41, 5.74) is 0. The Morgan fingerprint density at radius 2 is 0.660 bits per heavy atom. The van der Waals surface area contributed by atoms with Crippen LogP contribution in [0.2, 0.25) is 0 Å². The molecular formula is C62H112N8O34PS-. The molecular weight excluding hydrogens is 1460 g/mol. The molecule has 3 rings (SSSR count). The van der Waals surface area contributed by atoms with Gasteiger partial charge in [-0.2, -0.15) is 0 Å². The molecule has 0 saturated carbocycles. The maximum absolute atomic E-state index is 13.8. The molecule has 18 atom stereocenters. The van der Waals surface area contributed by atoms with E-state index in [2.05, 4.69) is 54.3 Å². The van der Waals surface area contributed by atoms with Crippen molar-refractivity contribution < 1.29 is 165 Å². The van der Waals surface area contributed by atoms with Gasteiger partial charge in [-0.05, 0) is 26.0 Å². The monoisotopic (exact) mass is 1580 g/mol. The van der Waals surface area contributed by atoms with Crippen molar-refractivity contribution in [2.75, 3.05) is 191 Å². The maximum Gasteiger partial charge on any atom is 0.242 e. The summed E-state index contributed by atoms with van der Waals surface area (Å²) in [4.78, 5) is 115. The fraction of sp³-hybridized carbons (Fsp3) is 0.871. The van der Waals surface area contributed by atoms with Gasteiger partial charge in [0.2, 0.25) is 47.3 Å². The Kier molecular flexibility index (Phi) is 50.2. The number of amides is 8. The van der Waals surface area contributed by atoms with Crippen LogP contribution < -0.4 is 47.4 Å². The van der Waals surface area contributed by atoms with Crippen LogP contribution >= 0.6 is 6.49 Å². The summed E-state index contributed by atoms with van der Waals surface area (Å²) < 4.78 is 88.0. The Labute approximate surface area is 619 Å². The third-order valence-corrected chi connectivity index (χ3v) is 16.4. The highest BCUT2D eigenvalue weighted by molar-refractivity contribution is 8.08. The predicted molar refractivity (Wildman–Crippen MR) is 363 cm³/mol. The van der Waals surface area contributed by atoms with E-state index >= 15 is 0 Å². The van der Waals surface area contributed by atoms with Gasteiger partial charge < -0.3 is 169 Å². The van der Waals surface area contributed by atoms with Crippen molar-refractivity contribution in [3.8, 4) is 0 Å². The van der Waals surface area contributed by atoms with Gasteiger partial charge in [-0.15, -0.1) is 0 Å². The number of carbonyl (C=O) groups is 8. The minimum atomic E-state index is -2.96. The Morgan fingerprint density at radius 3 is 0.972 bits per heavy atom. The first-order valence-electron chi connectivity index (χ1n) is 34.8. The van der Waals surface area contributed by atoms with Crippen molar-refractivity contribution in [2.24, 2.45) is 0 Å². The van der Waals surface area contributed by atoms with Crippen molar-refractivity contribution in [3.63, 3.8) is 0 Å². The average Bonchev–Trinajstić information content (AvgIpc) is 0.820. The molecule has 3 aliphatic rings. The summed E-state index contributed by atoms with van der Waals surface area (Å²) in [6.45, 7) is 1.58. The molecule has 0 spiro atoms. The zero-order valence-electron chi connectivity index (χ0n) is 60.2. The van der Waals surface area contributed by atoms with Crippen LogP contribution in [0, 0.1) is 0 Å². The van der Waals surface area contributed by atoms with Gasteiger partial charge in [0.1, 0.15) is 85.1 Å². The zero-order valence-corrected chi connectivity index (χ0v) is 61.9. The number of aliphatic hydroxyl groups is 9. The van der Waals surface area contributed by atoms with E-state index in [0.717, 1.165) is 0 Å². The van der Waals surface area contributed by atoms with Crippen LogP contribution in [-0.4, -0.2) is 389 Å². The maximum atomic E-state index is 13.8. The van der Waals surface area contributed by atoms with E-state index in [0.29, 0.717) is 39.6 Å². The number of hydrogen-bond donors (Lipinski definition) is 17. The third-order valence-electron chi connectivity index (χ3n) is 15.5. The molecule has 3 saturated heterocycles. The van der Waals surface area contributed by atoms with E-state index in [1.54, 1.807) is 0 Å². The van der Waals surface area contributed by atoms with E-state index in [1.807, 2.05) is 0 Å². The minimum Gasteiger partial charge on any atom is -0.801 e. The first-order chi connectivity index (χ1) is 50.7. The van der Waals surface area contributed by atoms with Crippen molar-refractivity contribution >= 4 is 65.6 Å². The third kappa shape index (κ3) is 40.4. The second kappa shape index (κ2) is 55.7. The number of rotatable bonds is 59. The number of aliphatic hydroxyl groups excluding tert-OH is 9. The smallest absolute Gasteiger partial charge is 0.242 e. The van der Waals surface area contributed by atoms with Crippen LogP contribution in [0.15, 0.2) is 0 Å². The summed E-state index contributed by atoms with van der Waals surface area (Å²) in [5, 5.41) is 112. The Morgan fingerprint density at radius 1 is 0.387 bits per heavy atom. The summed E-state index contributed by atoms with van der Waals surface area (Å²) >= 11 is 4.68. The number of carbonyl (C=O) groups excluding carboxylic acids is 8. The van der Waals surface area contributed by atoms with E-state index in [4.69, 9.17) is 75.6 Å². The Balaban J connectivity index is 1.58. The molecule has 8 amide bonds. The molecule has 0 aromatic rings. The van der Waals surface area contributed by atoms with Crippen LogP contribution in [0.3, 0.4) is 0 Å². The van der Waals surface area contributed by atoms with E-state index in [-0.39, 0.29) is 151 Å². The van der Waals surface area contributed by atoms with E-state index in [1.165, 1.54) is 27.4 Å². The summed E-state index contributed by atoms with van der Waals surface area (Å²) in [5.74, 6) is -5.13. The van der Waals surface area contributed by atoms with Gasteiger partial charge in [-0.1, -0.05) is 11.8 Å². The average molecular weight is 1580 g/mol. The van der Waals surface area contributed by atoms with Gasteiger partial charge in [-0.3, -0.25) is 38.4 Å². The topological polar surface area (TPSA) is 586 Å². The molecule has 17 N–H and O–H groups in total. The molecule has 3 heterocycles. The highest BCUT2D eigenvalue weighted by atomic mass is 32.5. The van der Waals surface area contributed by atoms with E-state index in [9.17, 15) is 89.2 Å². The summed E-state index contributed by atoms with van der Waals surface area (Å²) in [6.07, 6.45) is -18.3. The van der Waals surface area contributed by atoms with Crippen LogP contribution in [0.4, 0.5) is 0 Å². The highest BCUT2D eigenvalue weighted by Crippen LogP contribution is 2.31. The summed E-state index contributed by atoms with van der Waals surface area (Å²) in [7, 11) is 0. The molecule has 0 aliphatic carbocycles. The molecule has 106 heavy (non-hydrogen) atoms.